The molecule has 0 unspecified atom stereocenters. The summed E-state index contributed by atoms with van der Waals surface area (Å²) in [6.45, 7) is 0. The molecule has 0 bridgehead atoms. The lowest BCUT2D eigenvalue weighted by molar-refractivity contribution is -0.139. The van der Waals surface area contributed by atoms with Gasteiger partial charge >= 0.3 is 5.97 Å². The van der Waals surface area contributed by atoms with Crippen LogP contribution in [0, 0.1) is 0 Å². The predicted molar refractivity (Wildman–Crippen MR) is 80.7 cm³/mol. The zero-order valence-electron chi connectivity index (χ0n) is 12.4. The Labute approximate surface area is 124 Å². The average Bonchev–Trinajstić information content (AvgIpc) is 2.54. The van der Waals surface area contributed by atoms with Gasteiger partial charge in [0.1, 0.15) is 11.5 Å². The predicted octanol–water partition coefficient (Wildman–Crippen LogP) is 3.09. The molecule has 2 rings (SSSR count). The Bertz CT molecular complexity index is 617. The molecule has 0 heterocycles. The van der Waals surface area contributed by atoms with E-state index in [1.165, 1.54) is 7.11 Å². The number of carbonyl (C=O) groups is 1. The van der Waals surface area contributed by atoms with Crippen molar-refractivity contribution < 1.29 is 19.0 Å². The van der Waals surface area contributed by atoms with E-state index >= 15 is 0 Å². The molecule has 2 aromatic rings. The normalized spacial score (nSPS) is 10.0. The molecule has 0 aliphatic rings. The molecule has 4 heteroatoms. The molecule has 0 N–H and O–H groups in total. The highest BCUT2D eigenvalue weighted by Gasteiger charge is 2.08. The van der Waals surface area contributed by atoms with E-state index in [-0.39, 0.29) is 12.4 Å². The van der Waals surface area contributed by atoms with Crippen LogP contribution in [0.5, 0.6) is 11.5 Å². The summed E-state index contributed by atoms with van der Waals surface area (Å²) in [7, 11) is 4.62. The molecule has 110 valence electrons. The summed E-state index contributed by atoms with van der Waals surface area (Å²) in [6, 6.07) is 13.5. The summed E-state index contributed by atoms with van der Waals surface area (Å²) in [4.78, 5) is 11.4. The van der Waals surface area contributed by atoms with Crippen LogP contribution < -0.4 is 9.47 Å². The van der Waals surface area contributed by atoms with Crippen LogP contribution in [0.2, 0.25) is 0 Å². The van der Waals surface area contributed by atoms with Gasteiger partial charge in [-0.15, -0.1) is 0 Å². The van der Waals surface area contributed by atoms with Crippen molar-refractivity contribution in [1.29, 1.82) is 0 Å². The highest BCUT2D eigenvalue weighted by atomic mass is 16.5. The summed E-state index contributed by atoms with van der Waals surface area (Å²) >= 11 is 0. The number of benzene rings is 2. The third kappa shape index (κ3) is 3.75. The zero-order chi connectivity index (χ0) is 15.2. The number of esters is 1. The van der Waals surface area contributed by atoms with Crippen LogP contribution in [0.3, 0.4) is 0 Å². The van der Waals surface area contributed by atoms with Crippen molar-refractivity contribution >= 4 is 5.97 Å². The van der Waals surface area contributed by atoms with E-state index in [0.29, 0.717) is 5.75 Å². The minimum atomic E-state index is -0.274. The Balaban J connectivity index is 2.37. The molecule has 4 nitrogen and oxygen atoms in total. The van der Waals surface area contributed by atoms with Crippen molar-refractivity contribution in [2.24, 2.45) is 0 Å². The first-order valence-electron chi connectivity index (χ1n) is 6.55. The van der Waals surface area contributed by atoms with E-state index in [1.807, 2.05) is 42.5 Å². The van der Waals surface area contributed by atoms with Gasteiger partial charge in [0.05, 0.1) is 27.8 Å². The molecule has 0 aliphatic carbocycles. The second-order valence-corrected chi connectivity index (χ2v) is 4.55. The highest BCUT2D eigenvalue weighted by molar-refractivity contribution is 5.74. The highest BCUT2D eigenvalue weighted by Crippen LogP contribution is 2.28. The van der Waals surface area contributed by atoms with Crippen molar-refractivity contribution in [1.82, 2.24) is 0 Å². The van der Waals surface area contributed by atoms with Gasteiger partial charge in [0, 0.05) is 0 Å². The number of rotatable bonds is 5. The first-order valence-corrected chi connectivity index (χ1v) is 6.55. The number of methoxy groups -OCH3 is 3. The lowest BCUT2D eigenvalue weighted by atomic mass is 10.0. The molecule has 0 amide bonds. The van der Waals surface area contributed by atoms with Gasteiger partial charge in [-0.1, -0.05) is 18.2 Å². The molecular weight excluding hydrogens is 268 g/mol. The van der Waals surface area contributed by atoms with E-state index in [1.54, 1.807) is 14.2 Å². The summed E-state index contributed by atoms with van der Waals surface area (Å²) in [5.74, 6) is 1.24. The minimum absolute atomic E-state index is 0.219. The molecule has 0 atom stereocenters. The van der Waals surface area contributed by atoms with Gasteiger partial charge in [-0.2, -0.15) is 0 Å². The van der Waals surface area contributed by atoms with Crippen LogP contribution in [0.25, 0.3) is 11.1 Å². The molecule has 0 radical (unpaired) electrons. The van der Waals surface area contributed by atoms with E-state index in [4.69, 9.17) is 14.2 Å². The van der Waals surface area contributed by atoms with Crippen molar-refractivity contribution in [2.75, 3.05) is 21.3 Å². The number of hydrogen-bond donors (Lipinski definition) is 0. The topological polar surface area (TPSA) is 44.8 Å². The van der Waals surface area contributed by atoms with Crippen molar-refractivity contribution in [2.45, 2.75) is 6.42 Å². The van der Waals surface area contributed by atoms with Crippen LogP contribution in [0.1, 0.15) is 5.56 Å². The lowest BCUT2D eigenvalue weighted by Crippen LogP contribution is -2.04. The maximum absolute atomic E-state index is 11.4. The largest absolute Gasteiger partial charge is 0.497 e. The summed E-state index contributed by atoms with van der Waals surface area (Å²) in [5, 5.41) is 0. The molecule has 0 saturated heterocycles. The fraction of sp³-hybridized carbons (Fsp3) is 0.235. The molecule has 0 spiro atoms. The second kappa shape index (κ2) is 6.79. The number of carbonyl (C=O) groups excluding carboxylic acids is 1. The van der Waals surface area contributed by atoms with Crippen LogP contribution in [0.15, 0.2) is 42.5 Å². The Morgan fingerprint density at radius 2 is 1.52 bits per heavy atom. The van der Waals surface area contributed by atoms with E-state index in [0.717, 1.165) is 22.4 Å². The van der Waals surface area contributed by atoms with Crippen molar-refractivity contribution in [3.8, 4) is 22.6 Å². The zero-order valence-corrected chi connectivity index (χ0v) is 12.4. The van der Waals surface area contributed by atoms with Crippen LogP contribution in [-0.4, -0.2) is 27.3 Å². The Hall–Kier alpha value is -2.49. The van der Waals surface area contributed by atoms with Gasteiger partial charge in [0.2, 0.25) is 0 Å². The summed E-state index contributed by atoms with van der Waals surface area (Å²) in [6.07, 6.45) is 0.219. The van der Waals surface area contributed by atoms with Gasteiger partial charge in [0.15, 0.2) is 0 Å². The third-order valence-electron chi connectivity index (χ3n) is 3.20. The van der Waals surface area contributed by atoms with Crippen LogP contribution in [0.4, 0.5) is 0 Å². The van der Waals surface area contributed by atoms with Gasteiger partial charge in [-0.25, -0.2) is 0 Å². The molecular formula is C17H18O4. The van der Waals surface area contributed by atoms with Crippen molar-refractivity contribution in [3.63, 3.8) is 0 Å². The Morgan fingerprint density at radius 1 is 0.857 bits per heavy atom. The lowest BCUT2D eigenvalue weighted by Gasteiger charge is -2.09. The maximum atomic E-state index is 11.4. The molecule has 0 aliphatic heterocycles. The molecule has 0 fully saturated rings. The average molecular weight is 286 g/mol. The second-order valence-electron chi connectivity index (χ2n) is 4.55. The molecule has 21 heavy (non-hydrogen) atoms. The van der Waals surface area contributed by atoms with Crippen LogP contribution in [-0.2, 0) is 16.0 Å². The van der Waals surface area contributed by atoms with Crippen molar-refractivity contribution in [3.05, 3.63) is 48.0 Å². The Morgan fingerprint density at radius 3 is 2.10 bits per heavy atom. The van der Waals surface area contributed by atoms with Gasteiger partial charge in [-0.05, 0) is 41.0 Å². The van der Waals surface area contributed by atoms with E-state index in [9.17, 15) is 4.79 Å². The van der Waals surface area contributed by atoms with Gasteiger partial charge < -0.3 is 14.2 Å². The third-order valence-corrected chi connectivity index (χ3v) is 3.20. The first kappa shape index (κ1) is 14.9. The van der Waals surface area contributed by atoms with Crippen LogP contribution >= 0.6 is 0 Å². The van der Waals surface area contributed by atoms with Gasteiger partial charge in [0.25, 0.3) is 0 Å². The fourth-order valence-corrected chi connectivity index (χ4v) is 2.07. The monoisotopic (exact) mass is 286 g/mol. The quantitative estimate of drug-likeness (QED) is 0.792. The summed E-state index contributed by atoms with van der Waals surface area (Å²) in [5.41, 5.74) is 2.86. The minimum Gasteiger partial charge on any atom is -0.497 e. The molecule has 0 saturated carbocycles. The fourth-order valence-electron chi connectivity index (χ4n) is 2.07. The van der Waals surface area contributed by atoms with E-state index < -0.39 is 0 Å². The Kier molecular flexibility index (Phi) is 4.82. The molecule has 0 aromatic heterocycles. The SMILES string of the molecule is COC(=O)Cc1cc(OC)cc(-c2ccc(OC)cc2)c1. The first-order chi connectivity index (χ1) is 10.2. The summed E-state index contributed by atoms with van der Waals surface area (Å²) < 4.78 is 15.2. The number of hydrogen-bond acceptors (Lipinski definition) is 4. The smallest absolute Gasteiger partial charge is 0.309 e. The molecule has 2 aromatic carbocycles. The van der Waals surface area contributed by atoms with E-state index in [2.05, 4.69) is 0 Å². The number of ether oxygens (including phenoxy) is 3. The maximum Gasteiger partial charge on any atom is 0.309 e. The van der Waals surface area contributed by atoms with Gasteiger partial charge in [-0.3, -0.25) is 4.79 Å². The standard InChI is InChI=1S/C17H18O4/c1-19-15-6-4-13(5-7-15)14-8-12(10-17(18)21-3)9-16(11-14)20-2/h4-9,11H,10H2,1-3H3.